The number of nitrogens with zero attached hydrogens (tertiary/aromatic N) is 2. The second kappa shape index (κ2) is 8.90. The molecule has 2 aromatic carbocycles. The van der Waals surface area contributed by atoms with Gasteiger partial charge in [0.1, 0.15) is 17.3 Å². The smallest absolute Gasteiger partial charge is 0.416 e. The Morgan fingerprint density at radius 2 is 1.91 bits per heavy atom. The van der Waals surface area contributed by atoms with Gasteiger partial charge in [0.05, 0.1) is 17.9 Å². The number of hydrogen-bond donors (Lipinski definition) is 1. The van der Waals surface area contributed by atoms with E-state index in [1.807, 2.05) is 32.0 Å². The summed E-state index contributed by atoms with van der Waals surface area (Å²) in [6.07, 6.45) is -2.64. The van der Waals surface area contributed by atoms with Gasteiger partial charge in [0, 0.05) is 33.5 Å². The Labute approximate surface area is 192 Å². The number of carboxylic acid groups (broad SMARTS) is 1. The maximum Gasteiger partial charge on any atom is 0.416 e. The molecule has 0 saturated heterocycles. The first-order valence-electron chi connectivity index (χ1n) is 10.2. The Hall–Kier alpha value is -3.33. The monoisotopic (exact) mass is 474 g/mol. The number of ether oxygens (including phenoxy) is 1. The summed E-state index contributed by atoms with van der Waals surface area (Å²) in [7, 11) is 0. The number of carboxylic acids is 1. The van der Waals surface area contributed by atoms with Gasteiger partial charge in [-0.25, -0.2) is 4.98 Å². The highest BCUT2D eigenvalue weighted by Crippen LogP contribution is 2.34. The molecule has 0 spiro atoms. The van der Waals surface area contributed by atoms with Gasteiger partial charge in [0.25, 0.3) is 0 Å². The molecular formula is C24H21F3N2O3S. The van der Waals surface area contributed by atoms with E-state index in [0.717, 1.165) is 33.6 Å². The SMILES string of the molecule is Cc1sc(-c2ccc(C(F)(F)F)cc2)nc1[C@H](C)COc1ccc2c(ccn2CC(=O)O)c1. The van der Waals surface area contributed by atoms with Crippen molar-refractivity contribution in [2.45, 2.75) is 32.5 Å². The Balaban J connectivity index is 1.45. The molecule has 0 radical (unpaired) electrons. The summed E-state index contributed by atoms with van der Waals surface area (Å²) in [4.78, 5) is 16.6. The van der Waals surface area contributed by atoms with E-state index in [1.54, 1.807) is 16.8 Å². The van der Waals surface area contributed by atoms with Crippen LogP contribution in [0.15, 0.2) is 54.7 Å². The summed E-state index contributed by atoms with van der Waals surface area (Å²) in [6.45, 7) is 4.19. The molecule has 2 heterocycles. The minimum Gasteiger partial charge on any atom is -0.493 e. The molecule has 0 aliphatic heterocycles. The van der Waals surface area contributed by atoms with E-state index in [9.17, 15) is 18.0 Å². The van der Waals surface area contributed by atoms with Crippen molar-refractivity contribution in [1.82, 2.24) is 9.55 Å². The van der Waals surface area contributed by atoms with Gasteiger partial charge in [0.2, 0.25) is 0 Å². The average molecular weight is 475 g/mol. The van der Waals surface area contributed by atoms with Crippen LogP contribution in [0.4, 0.5) is 13.2 Å². The number of fused-ring (bicyclic) bond motifs is 1. The number of aryl methyl sites for hydroxylation is 1. The van der Waals surface area contributed by atoms with Crippen LogP contribution >= 0.6 is 11.3 Å². The van der Waals surface area contributed by atoms with Crippen molar-refractivity contribution in [1.29, 1.82) is 0 Å². The van der Waals surface area contributed by atoms with E-state index < -0.39 is 17.7 Å². The molecule has 172 valence electrons. The molecule has 0 aliphatic carbocycles. The molecule has 0 unspecified atom stereocenters. The second-order valence-corrected chi connectivity index (χ2v) is 9.01. The first kappa shape index (κ1) is 22.8. The van der Waals surface area contributed by atoms with Gasteiger partial charge in [-0.3, -0.25) is 4.79 Å². The molecule has 9 heteroatoms. The molecular weight excluding hydrogens is 453 g/mol. The predicted octanol–water partition coefficient (Wildman–Crippen LogP) is 6.36. The van der Waals surface area contributed by atoms with Crippen LogP contribution in [0.1, 0.15) is 29.0 Å². The highest BCUT2D eigenvalue weighted by Gasteiger charge is 2.30. The van der Waals surface area contributed by atoms with E-state index in [-0.39, 0.29) is 12.5 Å². The fourth-order valence-electron chi connectivity index (χ4n) is 3.64. The van der Waals surface area contributed by atoms with E-state index in [1.165, 1.54) is 23.5 Å². The third-order valence-corrected chi connectivity index (χ3v) is 6.34. The molecule has 0 fully saturated rings. The molecule has 33 heavy (non-hydrogen) atoms. The minimum absolute atomic E-state index is 0.0308. The largest absolute Gasteiger partial charge is 0.493 e. The van der Waals surface area contributed by atoms with Crippen molar-refractivity contribution in [3.8, 4) is 16.3 Å². The van der Waals surface area contributed by atoms with Crippen LogP contribution in [0.5, 0.6) is 5.75 Å². The van der Waals surface area contributed by atoms with Gasteiger partial charge in [0.15, 0.2) is 0 Å². The van der Waals surface area contributed by atoms with Crippen molar-refractivity contribution in [3.05, 3.63) is 70.9 Å². The minimum atomic E-state index is -4.36. The predicted molar refractivity (Wildman–Crippen MR) is 121 cm³/mol. The van der Waals surface area contributed by atoms with Gasteiger partial charge in [-0.15, -0.1) is 11.3 Å². The standard InChI is InChI=1S/C24H21F3N2O3S/c1-14(13-32-19-7-8-20-17(11-19)9-10-29(20)12-21(30)31)22-15(2)33-23(28-22)16-3-5-18(6-4-16)24(25,26)27/h3-11,14H,12-13H2,1-2H3,(H,30,31)/t14-/m1/s1. The maximum absolute atomic E-state index is 12.8. The number of thiazole rings is 1. The van der Waals surface area contributed by atoms with Crippen molar-refractivity contribution < 1.29 is 27.8 Å². The zero-order valence-electron chi connectivity index (χ0n) is 17.9. The summed E-state index contributed by atoms with van der Waals surface area (Å²) >= 11 is 1.44. The lowest BCUT2D eigenvalue weighted by molar-refractivity contribution is -0.138. The molecule has 0 amide bonds. The van der Waals surface area contributed by atoms with Gasteiger partial charge in [-0.05, 0) is 43.3 Å². The molecule has 2 aromatic heterocycles. The fraction of sp³-hybridized carbons (Fsp3) is 0.250. The molecule has 0 aliphatic rings. The number of hydrogen-bond acceptors (Lipinski definition) is 4. The van der Waals surface area contributed by atoms with Crippen LogP contribution in [0.3, 0.4) is 0 Å². The third kappa shape index (κ3) is 5.03. The van der Waals surface area contributed by atoms with Gasteiger partial charge in [-0.1, -0.05) is 19.1 Å². The van der Waals surface area contributed by atoms with Crippen LogP contribution in [0.25, 0.3) is 21.5 Å². The highest BCUT2D eigenvalue weighted by atomic mass is 32.1. The lowest BCUT2D eigenvalue weighted by Gasteiger charge is -2.12. The first-order valence-corrected chi connectivity index (χ1v) is 11.0. The number of aromatic nitrogens is 2. The lowest BCUT2D eigenvalue weighted by Crippen LogP contribution is -2.09. The molecule has 1 N–H and O–H groups in total. The van der Waals surface area contributed by atoms with Gasteiger partial charge in [-0.2, -0.15) is 13.2 Å². The average Bonchev–Trinajstić information content (AvgIpc) is 3.34. The molecule has 1 atom stereocenters. The number of rotatable bonds is 7. The third-order valence-electron chi connectivity index (χ3n) is 5.31. The van der Waals surface area contributed by atoms with Crippen LogP contribution in [-0.2, 0) is 17.5 Å². The van der Waals surface area contributed by atoms with Crippen LogP contribution in [0.2, 0.25) is 0 Å². The number of carbonyl (C=O) groups is 1. The molecule has 0 saturated carbocycles. The Morgan fingerprint density at radius 1 is 1.18 bits per heavy atom. The second-order valence-electron chi connectivity index (χ2n) is 7.81. The van der Waals surface area contributed by atoms with Crippen molar-refractivity contribution in [2.24, 2.45) is 0 Å². The maximum atomic E-state index is 12.8. The molecule has 0 bridgehead atoms. The van der Waals surface area contributed by atoms with E-state index >= 15 is 0 Å². The highest BCUT2D eigenvalue weighted by molar-refractivity contribution is 7.15. The molecule has 5 nitrogen and oxygen atoms in total. The lowest BCUT2D eigenvalue weighted by atomic mass is 10.1. The van der Waals surface area contributed by atoms with Crippen LogP contribution in [-0.4, -0.2) is 27.2 Å². The van der Waals surface area contributed by atoms with Gasteiger partial charge >= 0.3 is 12.1 Å². The zero-order chi connectivity index (χ0) is 23.8. The normalized spacial score (nSPS) is 12.8. The number of alkyl halides is 3. The first-order chi connectivity index (χ1) is 15.6. The Kier molecular flexibility index (Phi) is 6.16. The van der Waals surface area contributed by atoms with E-state index in [0.29, 0.717) is 22.9 Å². The summed E-state index contributed by atoms with van der Waals surface area (Å²) in [6, 6.07) is 12.4. The molecule has 4 rings (SSSR count). The van der Waals surface area contributed by atoms with Gasteiger partial charge < -0.3 is 14.4 Å². The summed E-state index contributed by atoms with van der Waals surface area (Å²) in [5, 5.41) is 10.6. The van der Waals surface area contributed by atoms with Crippen molar-refractivity contribution in [2.75, 3.05) is 6.61 Å². The fourth-order valence-corrected chi connectivity index (χ4v) is 4.68. The summed E-state index contributed by atoms with van der Waals surface area (Å²) < 4.78 is 46.0. The Bertz CT molecular complexity index is 1290. The summed E-state index contributed by atoms with van der Waals surface area (Å²) in [5.41, 5.74) is 1.63. The van der Waals surface area contributed by atoms with E-state index in [2.05, 4.69) is 4.98 Å². The Morgan fingerprint density at radius 3 is 2.58 bits per heavy atom. The van der Waals surface area contributed by atoms with Crippen molar-refractivity contribution >= 4 is 28.2 Å². The quantitative estimate of drug-likeness (QED) is 0.339. The zero-order valence-corrected chi connectivity index (χ0v) is 18.7. The molecule has 4 aromatic rings. The van der Waals surface area contributed by atoms with Crippen LogP contribution < -0.4 is 4.74 Å². The van der Waals surface area contributed by atoms with Crippen molar-refractivity contribution in [3.63, 3.8) is 0 Å². The van der Waals surface area contributed by atoms with E-state index in [4.69, 9.17) is 9.84 Å². The van der Waals surface area contributed by atoms with Crippen LogP contribution in [0, 0.1) is 6.92 Å². The number of aliphatic carboxylic acids is 1. The summed E-state index contributed by atoms with van der Waals surface area (Å²) in [5.74, 6) is -0.272. The topological polar surface area (TPSA) is 64.4 Å². The number of halogens is 3. The number of benzene rings is 2.